The fourth-order valence-corrected chi connectivity index (χ4v) is 0.911. The molecular weight excluding hydrogens is 185 g/mol. The van der Waals surface area contributed by atoms with Crippen LogP contribution in [0.3, 0.4) is 0 Å². The van der Waals surface area contributed by atoms with Crippen molar-refractivity contribution in [1.82, 2.24) is 0 Å². The molecular formula is C9H10FN3O. The number of hydrogen-bond donors (Lipinski definition) is 3. The Hall–Kier alpha value is -1.91. The zero-order valence-electron chi connectivity index (χ0n) is 7.38. The molecule has 1 aromatic rings. The first-order valence-corrected chi connectivity index (χ1v) is 3.96. The molecule has 0 fully saturated rings. The molecule has 0 saturated heterocycles. The number of nitrogens with two attached hydrogens (primary N) is 1. The first-order valence-electron chi connectivity index (χ1n) is 3.96. The van der Waals surface area contributed by atoms with Crippen LogP contribution in [0.15, 0.2) is 24.3 Å². The van der Waals surface area contributed by atoms with Crippen LogP contribution in [-0.4, -0.2) is 11.7 Å². The van der Waals surface area contributed by atoms with Crippen molar-refractivity contribution in [1.29, 1.82) is 5.41 Å². The van der Waals surface area contributed by atoms with Gasteiger partial charge in [-0.3, -0.25) is 10.2 Å². The van der Waals surface area contributed by atoms with E-state index in [0.717, 1.165) is 0 Å². The van der Waals surface area contributed by atoms with E-state index in [1.54, 1.807) is 0 Å². The second kappa shape index (κ2) is 4.36. The Labute approximate surface area is 80.4 Å². The highest BCUT2D eigenvalue weighted by atomic mass is 19.1. The predicted molar refractivity (Wildman–Crippen MR) is 51.6 cm³/mol. The Morgan fingerprint density at radius 2 is 2.00 bits per heavy atom. The summed E-state index contributed by atoms with van der Waals surface area (Å²) in [6.07, 6.45) is -0.155. The number of rotatable bonds is 3. The van der Waals surface area contributed by atoms with Gasteiger partial charge in [0, 0.05) is 5.69 Å². The van der Waals surface area contributed by atoms with Crippen LogP contribution in [0.5, 0.6) is 0 Å². The summed E-state index contributed by atoms with van der Waals surface area (Å²) in [5.74, 6) is -0.955. The summed E-state index contributed by atoms with van der Waals surface area (Å²) in [4.78, 5) is 11.1. The maximum absolute atomic E-state index is 12.5. The van der Waals surface area contributed by atoms with Crippen LogP contribution in [0.25, 0.3) is 0 Å². The number of nitrogens with one attached hydrogen (secondary N) is 2. The molecule has 0 aromatic heterocycles. The van der Waals surface area contributed by atoms with Crippen LogP contribution in [-0.2, 0) is 4.79 Å². The molecule has 4 nitrogen and oxygen atoms in total. The van der Waals surface area contributed by atoms with Gasteiger partial charge in [0.2, 0.25) is 5.91 Å². The van der Waals surface area contributed by atoms with Crippen molar-refractivity contribution >= 4 is 17.4 Å². The van der Waals surface area contributed by atoms with Crippen LogP contribution in [0, 0.1) is 11.2 Å². The number of halogens is 1. The minimum Gasteiger partial charge on any atom is -0.387 e. The Morgan fingerprint density at radius 1 is 1.43 bits per heavy atom. The molecule has 0 aliphatic heterocycles. The molecule has 0 unspecified atom stereocenters. The number of benzene rings is 1. The van der Waals surface area contributed by atoms with Crippen molar-refractivity contribution in [2.24, 2.45) is 5.73 Å². The molecule has 4 N–H and O–H groups in total. The Balaban J connectivity index is 2.56. The molecule has 74 valence electrons. The van der Waals surface area contributed by atoms with Gasteiger partial charge in [0.25, 0.3) is 0 Å². The van der Waals surface area contributed by atoms with Crippen molar-refractivity contribution in [2.45, 2.75) is 6.42 Å². The maximum Gasteiger partial charge on any atom is 0.231 e. The standard InChI is InChI=1S/C9H10FN3O/c10-6-1-3-7(4-2-6)13-9(14)5-8(11)12/h1-4H,5H2,(H3,11,12)(H,13,14). The second-order valence-corrected chi connectivity index (χ2v) is 2.76. The average molecular weight is 195 g/mol. The van der Waals surface area contributed by atoms with Crippen LogP contribution < -0.4 is 11.1 Å². The van der Waals surface area contributed by atoms with Crippen molar-refractivity contribution in [3.63, 3.8) is 0 Å². The van der Waals surface area contributed by atoms with Gasteiger partial charge in [-0.2, -0.15) is 0 Å². The minimum atomic E-state index is -0.385. The quantitative estimate of drug-likeness (QED) is 0.498. The van der Waals surface area contributed by atoms with E-state index in [1.807, 2.05) is 0 Å². The lowest BCUT2D eigenvalue weighted by Crippen LogP contribution is -2.20. The molecule has 0 aliphatic carbocycles. The Morgan fingerprint density at radius 3 is 2.50 bits per heavy atom. The summed E-state index contributed by atoms with van der Waals surface area (Å²) in [6, 6.07) is 5.35. The number of carbonyl (C=O) groups is 1. The molecule has 0 aliphatic rings. The van der Waals surface area contributed by atoms with E-state index < -0.39 is 0 Å². The third-order valence-electron chi connectivity index (χ3n) is 1.48. The van der Waals surface area contributed by atoms with Crippen molar-refractivity contribution < 1.29 is 9.18 Å². The largest absolute Gasteiger partial charge is 0.387 e. The maximum atomic E-state index is 12.5. The fraction of sp³-hybridized carbons (Fsp3) is 0.111. The molecule has 14 heavy (non-hydrogen) atoms. The molecule has 0 bridgehead atoms. The van der Waals surface area contributed by atoms with Gasteiger partial charge in [-0.05, 0) is 24.3 Å². The Kier molecular flexibility index (Phi) is 3.17. The lowest BCUT2D eigenvalue weighted by atomic mass is 10.3. The summed E-state index contributed by atoms with van der Waals surface area (Å²) >= 11 is 0. The van der Waals surface area contributed by atoms with E-state index in [-0.39, 0.29) is 24.0 Å². The highest BCUT2D eigenvalue weighted by Gasteiger charge is 2.03. The molecule has 0 heterocycles. The van der Waals surface area contributed by atoms with Crippen LogP contribution in [0.2, 0.25) is 0 Å². The first kappa shape index (κ1) is 10.2. The van der Waals surface area contributed by atoms with Gasteiger partial charge in [0.05, 0.1) is 6.42 Å². The Bertz CT molecular complexity index is 348. The summed E-state index contributed by atoms with van der Waals surface area (Å²) in [7, 11) is 0. The molecule has 1 aromatic carbocycles. The highest BCUT2D eigenvalue weighted by molar-refractivity contribution is 6.03. The van der Waals surface area contributed by atoms with E-state index >= 15 is 0 Å². The molecule has 0 spiro atoms. The molecule has 5 heteroatoms. The number of anilines is 1. The topological polar surface area (TPSA) is 79.0 Å². The van der Waals surface area contributed by atoms with Crippen molar-refractivity contribution in [2.75, 3.05) is 5.32 Å². The fourth-order valence-electron chi connectivity index (χ4n) is 0.911. The van der Waals surface area contributed by atoms with Gasteiger partial charge in [-0.1, -0.05) is 0 Å². The van der Waals surface area contributed by atoms with Crippen molar-refractivity contribution in [3.05, 3.63) is 30.1 Å². The summed E-state index contributed by atoms with van der Waals surface area (Å²) in [5, 5.41) is 9.36. The van der Waals surface area contributed by atoms with E-state index in [0.29, 0.717) is 5.69 Å². The summed E-state index contributed by atoms with van der Waals surface area (Å²) < 4.78 is 12.5. The van der Waals surface area contributed by atoms with Gasteiger partial charge in [-0.15, -0.1) is 0 Å². The average Bonchev–Trinajstić information content (AvgIpc) is 2.07. The van der Waals surface area contributed by atoms with E-state index in [9.17, 15) is 9.18 Å². The molecule has 0 radical (unpaired) electrons. The normalized spacial score (nSPS) is 9.50. The molecule has 0 saturated carbocycles. The van der Waals surface area contributed by atoms with Crippen LogP contribution in [0.4, 0.5) is 10.1 Å². The van der Waals surface area contributed by atoms with Crippen LogP contribution in [0.1, 0.15) is 6.42 Å². The minimum absolute atomic E-state index is 0.155. The predicted octanol–water partition coefficient (Wildman–Crippen LogP) is 1.09. The summed E-state index contributed by atoms with van der Waals surface area (Å²) in [6.45, 7) is 0. The number of carbonyl (C=O) groups excluding carboxylic acids is 1. The molecule has 1 rings (SSSR count). The van der Waals surface area contributed by atoms with Crippen LogP contribution >= 0.6 is 0 Å². The van der Waals surface area contributed by atoms with E-state index in [2.05, 4.69) is 5.32 Å². The number of hydrogen-bond acceptors (Lipinski definition) is 2. The van der Waals surface area contributed by atoms with Gasteiger partial charge in [-0.25, -0.2) is 4.39 Å². The zero-order valence-corrected chi connectivity index (χ0v) is 7.38. The molecule has 1 amide bonds. The zero-order chi connectivity index (χ0) is 10.6. The van der Waals surface area contributed by atoms with E-state index in [1.165, 1.54) is 24.3 Å². The van der Waals surface area contributed by atoms with Gasteiger partial charge in [0.15, 0.2) is 0 Å². The number of amidine groups is 1. The second-order valence-electron chi connectivity index (χ2n) is 2.76. The van der Waals surface area contributed by atoms with Crippen molar-refractivity contribution in [3.8, 4) is 0 Å². The smallest absolute Gasteiger partial charge is 0.231 e. The highest BCUT2D eigenvalue weighted by Crippen LogP contribution is 2.08. The third-order valence-corrected chi connectivity index (χ3v) is 1.48. The van der Waals surface area contributed by atoms with Gasteiger partial charge in [0.1, 0.15) is 11.7 Å². The lowest BCUT2D eigenvalue weighted by molar-refractivity contribution is -0.115. The van der Waals surface area contributed by atoms with E-state index in [4.69, 9.17) is 11.1 Å². The molecule has 0 atom stereocenters. The first-order chi connectivity index (χ1) is 6.58. The monoisotopic (exact) mass is 195 g/mol. The van der Waals surface area contributed by atoms with Gasteiger partial charge >= 0.3 is 0 Å². The number of amides is 1. The third kappa shape index (κ3) is 3.22. The summed E-state index contributed by atoms with van der Waals surface area (Å²) in [5.41, 5.74) is 5.52. The SMILES string of the molecule is N=C(N)CC(=O)Nc1ccc(F)cc1. The van der Waals surface area contributed by atoms with Gasteiger partial charge < -0.3 is 11.1 Å². The lowest BCUT2D eigenvalue weighted by Gasteiger charge is -2.03.